The molecular formula is C14H13NO4. The van der Waals surface area contributed by atoms with Crippen molar-refractivity contribution in [3.05, 3.63) is 42.1 Å². The van der Waals surface area contributed by atoms with Gasteiger partial charge in [0, 0.05) is 5.56 Å². The fraction of sp³-hybridized carbons (Fsp3) is 0.143. The molecule has 0 spiro atoms. The highest BCUT2D eigenvalue weighted by Crippen LogP contribution is 2.25. The molecule has 0 atom stereocenters. The summed E-state index contributed by atoms with van der Waals surface area (Å²) < 4.78 is 5.32. The first kappa shape index (κ1) is 12.9. The highest BCUT2D eigenvalue weighted by atomic mass is 16.5. The van der Waals surface area contributed by atoms with Crippen LogP contribution in [0.2, 0.25) is 0 Å². The lowest BCUT2D eigenvalue weighted by molar-refractivity contribution is 0.0693. The van der Waals surface area contributed by atoms with Crippen LogP contribution in [-0.2, 0) is 0 Å². The average Bonchev–Trinajstić information content (AvgIpc) is 2.40. The summed E-state index contributed by atoms with van der Waals surface area (Å²) in [5.74, 6) is -0.794. The van der Waals surface area contributed by atoms with Gasteiger partial charge in [-0.25, -0.2) is 4.79 Å². The van der Waals surface area contributed by atoms with Crippen LogP contribution in [0.4, 0.5) is 0 Å². The van der Waals surface area contributed by atoms with Crippen molar-refractivity contribution in [3.63, 3.8) is 0 Å². The molecule has 0 fully saturated rings. The zero-order valence-corrected chi connectivity index (χ0v) is 10.3. The van der Waals surface area contributed by atoms with E-state index in [2.05, 4.69) is 4.98 Å². The van der Waals surface area contributed by atoms with Crippen molar-refractivity contribution < 1.29 is 19.7 Å². The van der Waals surface area contributed by atoms with Gasteiger partial charge in [-0.05, 0) is 37.3 Å². The number of ether oxygens (including phenoxy) is 1. The van der Waals surface area contributed by atoms with Crippen molar-refractivity contribution in [1.82, 2.24) is 4.98 Å². The number of aromatic hydroxyl groups is 1. The lowest BCUT2D eigenvalue weighted by Crippen LogP contribution is -1.98. The largest absolute Gasteiger partial charge is 0.505 e. The maximum absolute atomic E-state index is 10.9. The quantitative estimate of drug-likeness (QED) is 0.882. The summed E-state index contributed by atoms with van der Waals surface area (Å²) in [6.45, 7) is 2.48. The molecule has 0 aliphatic carbocycles. The van der Waals surface area contributed by atoms with E-state index in [1.807, 2.05) is 6.92 Å². The van der Waals surface area contributed by atoms with Gasteiger partial charge in [-0.2, -0.15) is 0 Å². The SMILES string of the molecule is CCOc1ccc(-c2cc(C(=O)O)c(O)cn2)cc1. The van der Waals surface area contributed by atoms with Crippen LogP contribution < -0.4 is 4.74 Å². The summed E-state index contributed by atoms with van der Waals surface area (Å²) in [4.78, 5) is 14.9. The number of pyridine rings is 1. The molecule has 0 aliphatic rings. The Kier molecular flexibility index (Phi) is 3.66. The Bertz CT molecular complexity index is 593. The molecule has 2 rings (SSSR count). The predicted octanol–water partition coefficient (Wildman–Crippen LogP) is 2.55. The highest BCUT2D eigenvalue weighted by Gasteiger charge is 2.12. The minimum atomic E-state index is -1.19. The van der Waals surface area contributed by atoms with Gasteiger partial charge in [0.15, 0.2) is 0 Å². The van der Waals surface area contributed by atoms with Crippen molar-refractivity contribution >= 4 is 5.97 Å². The number of hydrogen-bond acceptors (Lipinski definition) is 4. The number of carboxylic acids is 1. The third kappa shape index (κ3) is 2.82. The molecule has 0 amide bonds. The van der Waals surface area contributed by atoms with Gasteiger partial charge >= 0.3 is 5.97 Å². The number of aromatic nitrogens is 1. The minimum absolute atomic E-state index is 0.168. The maximum Gasteiger partial charge on any atom is 0.339 e. The molecule has 0 aliphatic heterocycles. The number of carbonyl (C=O) groups is 1. The van der Waals surface area contributed by atoms with E-state index in [0.29, 0.717) is 12.3 Å². The van der Waals surface area contributed by atoms with E-state index >= 15 is 0 Å². The average molecular weight is 259 g/mol. The van der Waals surface area contributed by atoms with Crippen molar-refractivity contribution in [1.29, 1.82) is 0 Å². The zero-order chi connectivity index (χ0) is 13.8. The predicted molar refractivity (Wildman–Crippen MR) is 69.5 cm³/mol. The summed E-state index contributed by atoms with van der Waals surface area (Å²) >= 11 is 0. The summed E-state index contributed by atoms with van der Waals surface area (Å²) in [5.41, 5.74) is 1.07. The van der Waals surface area contributed by atoms with Crippen LogP contribution in [0.1, 0.15) is 17.3 Å². The van der Waals surface area contributed by atoms with Crippen molar-refractivity contribution in [3.8, 4) is 22.8 Å². The first-order valence-corrected chi connectivity index (χ1v) is 5.77. The van der Waals surface area contributed by atoms with Gasteiger partial charge in [-0.15, -0.1) is 0 Å². The fourth-order valence-electron chi connectivity index (χ4n) is 1.67. The van der Waals surface area contributed by atoms with Gasteiger partial charge in [0.2, 0.25) is 0 Å². The molecule has 2 aromatic rings. The molecule has 1 aromatic heterocycles. The molecule has 19 heavy (non-hydrogen) atoms. The monoisotopic (exact) mass is 259 g/mol. The zero-order valence-electron chi connectivity index (χ0n) is 10.3. The molecule has 98 valence electrons. The molecule has 5 heteroatoms. The van der Waals surface area contributed by atoms with E-state index in [1.165, 1.54) is 6.07 Å². The number of hydrogen-bond donors (Lipinski definition) is 2. The van der Waals surface area contributed by atoms with Crippen LogP contribution in [0.5, 0.6) is 11.5 Å². The number of nitrogens with zero attached hydrogens (tertiary/aromatic N) is 1. The van der Waals surface area contributed by atoms with E-state index in [1.54, 1.807) is 24.3 Å². The number of benzene rings is 1. The lowest BCUT2D eigenvalue weighted by Gasteiger charge is -2.06. The minimum Gasteiger partial charge on any atom is -0.505 e. The third-order valence-electron chi connectivity index (χ3n) is 2.57. The number of carboxylic acid groups (broad SMARTS) is 1. The Morgan fingerprint density at radius 3 is 2.58 bits per heavy atom. The van der Waals surface area contributed by atoms with E-state index in [-0.39, 0.29) is 11.3 Å². The Hall–Kier alpha value is -2.56. The van der Waals surface area contributed by atoms with E-state index < -0.39 is 5.97 Å². The van der Waals surface area contributed by atoms with Gasteiger partial charge in [-0.1, -0.05) is 0 Å². The van der Waals surface area contributed by atoms with Crippen LogP contribution in [0.25, 0.3) is 11.3 Å². The van der Waals surface area contributed by atoms with E-state index in [0.717, 1.165) is 17.5 Å². The topological polar surface area (TPSA) is 79.7 Å². The van der Waals surface area contributed by atoms with Crippen LogP contribution in [0.15, 0.2) is 36.5 Å². The van der Waals surface area contributed by atoms with Gasteiger partial charge < -0.3 is 14.9 Å². The molecule has 1 aromatic carbocycles. The van der Waals surface area contributed by atoms with Gasteiger partial charge in [0.05, 0.1) is 18.5 Å². The Morgan fingerprint density at radius 2 is 2.00 bits per heavy atom. The van der Waals surface area contributed by atoms with Crippen LogP contribution in [0.3, 0.4) is 0 Å². The molecule has 0 unspecified atom stereocenters. The highest BCUT2D eigenvalue weighted by molar-refractivity contribution is 5.91. The van der Waals surface area contributed by atoms with Gasteiger partial charge in [0.1, 0.15) is 17.1 Å². The molecule has 1 heterocycles. The molecule has 0 saturated carbocycles. The van der Waals surface area contributed by atoms with Crippen LogP contribution in [0, 0.1) is 0 Å². The smallest absolute Gasteiger partial charge is 0.339 e. The number of rotatable bonds is 4. The summed E-state index contributed by atoms with van der Waals surface area (Å²) in [6.07, 6.45) is 1.13. The maximum atomic E-state index is 10.9. The van der Waals surface area contributed by atoms with Gasteiger partial charge in [0.25, 0.3) is 0 Å². The molecule has 0 radical (unpaired) electrons. The summed E-state index contributed by atoms with van der Waals surface area (Å²) in [5, 5.41) is 18.3. The Morgan fingerprint density at radius 1 is 1.32 bits per heavy atom. The second-order valence-electron chi connectivity index (χ2n) is 3.85. The summed E-state index contributed by atoms with van der Waals surface area (Å²) in [6, 6.07) is 8.49. The van der Waals surface area contributed by atoms with Crippen LogP contribution >= 0.6 is 0 Å². The Labute approximate surface area is 110 Å². The second-order valence-corrected chi connectivity index (χ2v) is 3.85. The lowest BCUT2D eigenvalue weighted by atomic mass is 10.1. The first-order chi connectivity index (χ1) is 9.11. The molecular weight excluding hydrogens is 246 g/mol. The van der Waals surface area contributed by atoms with Crippen molar-refractivity contribution in [2.75, 3.05) is 6.61 Å². The fourth-order valence-corrected chi connectivity index (χ4v) is 1.67. The molecule has 2 N–H and O–H groups in total. The van der Waals surface area contributed by atoms with Crippen LogP contribution in [-0.4, -0.2) is 27.8 Å². The summed E-state index contributed by atoms with van der Waals surface area (Å²) in [7, 11) is 0. The first-order valence-electron chi connectivity index (χ1n) is 5.77. The number of aromatic carboxylic acids is 1. The normalized spacial score (nSPS) is 10.2. The van der Waals surface area contributed by atoms with Crippen molar-refractivity contribution in [2.45, 2.75) is 6.92 Å². The third-order valence-corrected chi connectivity index (χ3v) is 2.57. The standard InChI is InChI=1S/C14H13NO4/c1-2-19-10-5-3-9(4-6-10)12-7-11(14(17)18)13(16)8-15-12/h3-8,16H,2H2,1H3,(H,17,18). The Balaban J connectivity index is 2.36. The van der Waals surface area contributed by atoms with Crippen molar-refractivity contribution in [2.24, 2.45) is 0 Å². The van der Waals surface area contributed by atoms with E-state index in [9.17, 15) is 9.90 Å². The molecule has 0 bridgehead atoms. The van der Waals surface area contributed by atoms with E-state index in [4.69, 9.17) is 9.84 Å². The molecule has 0 saturated heterocycles. The van der Waals surface area contributed by atoms with Gasteiger partial charge in [-0.3, -0.25) is 4.98 Å². The molecule has 5 nitrogen and oxygen atoms in total. The second kappa shape index (κ2) is 5.39.